The van der Waals surface area contributed by atoms with E-state index in [0.29, 0.717) is 6.54 Å². The fraction of sp³-hybridized carbons (Fsp3) is 0.588. The lowest BCUT2D eigenvalue weighted by Gasteiger charge is -2.35. The molecule has 0 spiro atoms. The predicted molar refractivity (Wildman–Crippen MR) is 93.6 cm³/mol. The van der Waals surface area contributed by atoms with E-state index in [1.54, 1.807) is 4.90 Å². The molecule has 1 N–H and O–H groups in total. The summed E-state index contributed by atoms with van der Waals surface area (Å²) >= 11 is 0. The predicted octanol–water partition coefficient (Wildman–Crippen LogP) is 1.61. The van der Waals surface area contributed by atoms with Crippen LogP contribution in [0, 0.1) is 13.8 Å². The number of carbonyl (C=O) groups excluding carboxylic acids is 1. The smallest absolute Gasteiger partial charge is 0.260 e. The largest absolute Gasteiger partial charge is 0.483 e. The quantitative estimate of drug-likeness (QED) is 0.842. The molecular weight excluding hydrogens is 328 g/mol. The van der Waals surface area contributed by atoms with Crippen LogP contribution in [0.3, 0.4) is 0 Å². The fourth-order valence-electron chi connectivity index (χ4n) is 3.03. The van der Waals surface area contributed by atoms with E-state index in [2.05, 4.69) is 4.72 Å². The van der Waals surface area contributed by atoms with Crippen LogP contribution in [0.15, 0.2) is 18.2 Å². The van der Waals surface area contributed by atoms with Crippen LogP contribution in [-0.2, 0) is 14.8 Å². The molecule has 0 radical (unpaired) electrons. The summed E-state index contributed by atoms with van der Waals surface area (Å²) < 4.78 is 30.8. The van der Waals surface area contributed by atoms with Crippen molar-refractivity contribution in [1.29, 1.82) is 0 Å². The maximum Gasteiger partial charge on any atom is 0.260 e. The number of carbonyl (C=O) groups is 1. The van der Waals surface area contributed by atoms with Crippen LogP contribution < -0.4 is 9.46 Å². The van der Waals surface area contributed by atoms with Crippen molar-refractivity contribution in [3.63, 3.8) is 0 Å². The molecule has 7 heteroatoms. The number of amides is 1. The Morgan fingerprint density at radius 1 is 1.29 bits per heavy atom. The molecule has 0 saturated carbocycles. The van der Waals surface area contributed by atoms with E-state index in [1.165, 1.54) is 0 Å². The molecule has 1 heterocycles. The first-order valence-electron chi connectivity index (χ1n) is 8.21. The number of nitrogens with one attached hydrogen (secondary N) is 1. The molecule has 2 rings (SSSR count). The first kappa shape index (κ1) is 18.7. The summed E-state index contributed by atoms with van der Waals surface area (Å²) in [5.74, 6) is 0.645. The van der Waals surface area contributed by atoms with Gasteiger partial charge < -0.3 is 9.64 Å². The van der Waals surface area contributed by atoms with Gasteiger partial charge in [0.2, 0.25) is 10.0 Å². The van der Waals surface area contributed by atoms with Gasteiger partial charge in [0.05, 0.1) is 6.26 Å². The zero-order valence-electron chi connectivity index (χ0n) is 14.5. The van der Waals surface area contributed by atoms with Gasteiger partial charge in [-0.2, -0.15) is 0 Å². The van der Waals surface area contributed by atoms with E-state index in [9.17, 15) is 13.2 Å². The lowest BCUT2D eigenvalue weighted by Crippen LogP contribution is -2.50. The molecule has 1 fully saturated rings. The number of benzene rings is 1. The van der Waals surface area contributed by atoms with E-state index in [-0.39, 0.29) is 25.1 Å². The molecule has 1 amide bonds. The van der Waals surface area contributed by atoms with Crippen LogP contribution in [0.4, 0.5) is 0 Å². The molecular formula is C17H26N2O4S. The van der Waals surface area contributed by atoms with E-state index in [1.807, 2.05) is 32.0 Å². The van der Waals surface area contributed by atoms with Crippen LogP contribution in [0.2, 0.25) is 0 Å². The molecule has 0 aromatic heterocycles. The van der Waals surface area contributed by atoms with E-state index >= 15 is 0 Å². The minimum Gasteiger partial charge on any atom is -0.483 e. The normalized spacial score (nSPS) is 18.5. The second kappa shape index (κ2) is 7.98. The molecule has 0 aliphatic carbocycles. The van der Waals surface area contributed by atoms with Gasteiger partial charge in [-0.15, -0.1) is 0 Å². The van der Waals surface area contributed by atoms with Crippen LogP contribution in [-0.4, -0.2) is 51.2 Å². The zero-order chi connectivity index (χ0) is 17.7. The van der Waals surface area contributed by atoms with Gasteiger partial charge in [0.15, 0.2) is 6.61 Å². The second-order valence-electron chi connectivity index (χ2n) is 6.37. The van der Waals surface area contributed by atoms with Crippen molar-refractivity contribution in [3.05, 3.63) is 29.3 Å². The number of rotatable bonds is 6. The van der Waals surface area contributed by atoms with E-state index in [0.717, 1.165) is 42.4 Å². The summed E-state index contributed by atoms with van der Waals surface area (Å²) in [6.07, 6.45) is 3.87. The van der Waals surface area contributed by atoms with Crippen molar-refractivity contribution < 1.29 is 17.9 Å². The Morgan fingerprint density at radius 2 is 1.96 bits per heavy atom. The Kier molecular flexibility index (Phi) is 6.23. The highest BCUT2D eigenvalue weighted by Crippen LogP contribution is 2.23. The molecule has 1 aliphatic rings. The first-order chi connectivity index (χ1) is 11.3. The Hall–Kier alpha value is -1.60. The van der Waals surface area contributed by atoms with Crippen molar-refractivity contribution in [3.8, 4) is 5.75 Å². The number of para-hydroxylation sites is 1. The summed E-state index contributed by atoms with van der Waals surface area (Å²) in [5.41, 5.74) is 1.99. The van der Waals surface area contributed by atoms with Crippen molar-refractivity contribution in [1.82, 2.24) is 9.62 Å². The van der Waals surface area contributed by atoms with Crippen LogP contribution in [0.1, 0.15) is 30.4 Å². The standard InChI is InChI=1S/C17H26N2O4S/c1-13-7-6-8-14(2)17(13)23-12-16(20)19-10-5-4-9-15(19)11-18-24(3,21)22/h6-8,15,18H,4-5,9-12H2,1-3H3/t15-/m1/s1. The number of sulfonamides is 1. The summed E-state index contributed by atoms with van der Waals surface area (Å²) in [6.45, 7) is 4.78. The van der Waals surface area contributed by atoms with Crippen molar-refractivity contribution >= 4 is 15.9 Å². The average Bonchev–Trinajstić information content (AvgIpc) is 2.52. The van der Waals surface area contributed by atoms with E-state index < -0.39 is 10.0 Å². The number of hydrogen-bond donors (Lipinski definition) is 1. The number of likely N-dealkylation sites (tertiary alicyclic amines) is 1. The van der Waals surface area contributed by atoms with Gasteiger partial charge in [0.25, 0.3) is 5.91 Å². The molecule has 1 saturated heterocycles. The highest BCUT2D eigenvalue weighted by atomic mass is 32.2. The van der Waals surface area contributed by atoms with E-state index in [4.69, 9.17) is 4.74 Å². The number of aryl methyl sites for hydroxylation is 2. The first-order valence-corrected chi connectivity index (χ1v) is 10.1. The summed E-state index contributed by atoms with van der Waals surface area (Å²) in [6, 6.07) is 5.75. The lowest BCUT2D eigenvalue weighted by molar-refractivity contribution is -0.136. The maximum absolute atomic E-state index is 12.6. The molecule has 0 bridgehead atoms. The van der Waals surface area contributed by atoms with Crippen LogP contribution in [0.25, 0.3) is 0 Å². The van der Waals surface area contributed by atoms with Crippen molar-refractivity contribution in [2.45, 2.75) is 39.2 Å². The summed E-state index contributed by atoms with van der Waals surface area (Å²) in [5, 5.41) is 0. The monoisotopic (exact) mass is 354 g/mol. The van der Waals surface area contributed by atoms with Gasteiger partial charge in [-0.05, 0) is 44.2 Å². The summed E-state index contributed by atoms with van der Waals surface area (Å²) in [7, 11) is -3.26. The zero-order valence-corrected chi connectivity index (χ0v) is 15.4. The van der Waals surface area contributed by atoms with Crippen LogP contribution in [0.5, 0.6) is 5.75 Å². The number of hydrogen-bond acceptors (Lipinski definition) is 4. The third-order valence-corrected chi connectivity index (χ3v) is 4.97. The second-order valence-corrected chi connectivity index (χ2v) is 8.20. The third kappa shape index (κ3) is 5.21. The Bertz CT molecular complexity index is 668. The van der Waals surface area contributed by atoms with Gasteiger partial charge in [0.1, 0.15) is 5.75 Å². The molecule has 1 aromatic rings. The average molecular weight is 354 g/mol. The minimum atomic E-state index is -3.26. The highest BCUT2D eigenvalue weighted by molar-refractivity contribution is 7.88. The van der Waals surface area contributed by atoms with Gasteiger partial charge in [0, 0.05) is 19.1 Å². The topological polar surface area (TPSA) is 75.7 Å². The van der Waals surface area contributed by atoms with Crippen molar-refractivity contribution in [2.75, 3.05) is 26.0 Å². The number of ether oxygens (including phenoxy) is 1. The molecule has 1 aliphatic heterocycles. The molecule has 24 heavy (non-hydrogen) atoms. The SMILES string of the molecule is Cc1cccc(C)c1OCC(=O)N1CCCC[C@@H]1CNS(C)(=O)=O. The molecule has 1 atom stereocenters. The van der Waals surface area contributed by atoms with Crippen LogP contribution >= 0.6 is 0 Å². The number of piperidine rings is 1. The Morgan fingerprint density at radius 3 is 2.58 bits per heavy atom. The molecule has 0 unspecified atom stereocenters. The van der Waals surface area contributed by atoms with Crippen molar-refractivity contribution in [2.24, 2.45) is 0 Å². The Labute approximate surface area is 144 Å². The maximum atomic E-state index is 12.6. The van der Waals surface area contributed by atoms with Gasteiger partial charge >= 0.3 is 0 Å². The number of nitrogens with zero attached hydrogens (tertiary/aromatic N) is 1. The summed E-state index contributed by atoms with van der Waals surface area (Å²) in [4.78, 5) is 14.3. The van der Waals surface area contributed by atoms with Gasteiger partial charge in [-0.1, -0.05) is 18.2 Å². The lowest BCUT2D eigenvalue weighted by atomic mass is 10.0. The molecule has 6 nitrogen and oxygen atoms in total. The van der Waals surface area contributed by atoms with Gasteiger partial charge in [-0.25, -0.2) is 13.1 Å². The Balaban J connectivity index is 1.98. The third-order valence-electron chi connectivity index (χ3n) is 4.28. The fourth-order valence-corrected chi connectivity index (χ4v) is 3.53. The highest BCUT2D eigenvalue weighted by Gasteiger charge is 2.27. The minimum absolute atomic E-state index is 0.0267. The molecule has 1 aromatic carbocycles. The molecule has 134 valence electrons. The van der Waals surface area contributed by atoms with Gasteiger partial charge in [-0.3, -0.25) is 4.79 Å².